The quantitative estimate of drug-likeness (QED) is 0.765. The first-order valence-corrected chi connectivity index (χ1v) is 8.90. The molecule has 0 aromatic heterocycles. The molecule has 21 heavy (non-hydrogen) atoms. The number of nitrogens with one attached hydrogen (secondary N) is 1. The number of nitrogens with zero attached hydrogens (tertiary/aromatic N) is 1. The third kappa shape index (κ3) is 3.42. The zero-order chi connectivity index (χ0) is 15.9. The van der Waals surface area contributed by atoms with Gasteiger partial charge in [0.25, 0.3) is 0 Å². The van der Waals surface area contributed by atoms with E-state index in [2.05, 4.69) is 5.32 Å². The maximum atomic E-state index is 12.3. The molecule has 2 aliphatic heterocycles. The topological polar surface area (TPSA) is 88.1 Å². The van der Waals surface area contributed by atoms with Crippen molar-refractivity contribution in [2.24, 2.45) is 5.41 Å². The fraction of sp³-hybridized carbons (Fsp3) is 0.923. The molecule has 7 nitrogen and oxygen atoms in total. The smallest absolute Gasteiger partial charge is 0.410 e. The lowest BCUT2D eigenvalue weighted by atomic mass is 9.79. The van der Waals surface area contributed by atoms with Crippen LogP contribution in [0.2, 0.25) is 0 Å². The Labute approximate surface area is 125 Å². The Kier molecular flexibility index (Phi) is 4.42. The summed E-state index contributed by atoms with van der Waals surface area (Å²) in [7, 11) is -3.67. The van der Waals surface area contributed by atoms with Crippen LogP contribution in [0.25, 0.3) is 0 Å². The molecule has 1 spiro atoms. The average Bonchev–Trinajstić information content (AvgIpc) is 2.69. The lowest BCUT2D eigenvalue weighted by molar-refractivity contribution is -0.0282. The number of likely N-dealkylation sites (tertiary alicyclic amines) is 1. The van der Waals surface area contributed by atoms with Gasteiger partial charge in [-0.05, 0) is 27.7 Å². The molecule has 0 saturated carbocycles. The van der Waals surface area contributed by atoms with E-state index in [1.54, 1.807) is 11.8 Å². The van der Waals surface area contributed by atoms with Gasteiger partial charge in [-0.1, -0.05) is 0 Å². The molecular formula is C13H25N2O5P. The Morgan fingerprint density at radius 1 is 1.48 bits per heavy atom. The van der Waals surface area contributed by atoms with Crippen molar-refractivity contribution in [2.75, 3.05) is 32.8 Å². The van der Waals surface area contributed by atoms with Crippen molar-refractivity contribution in [3.63, 3.8) is 0 Å². The van der Waals surface area contributed by atoms with Gasteiger partial charge < -0.3 is 24.4 Å². The number of hydrogen-bond donors (Lipinski definition) is 2. The van der Waals surface area contributed by atoms with Crippen LogP contribution < -0.4 is 5.32 Å². The minimum atomic E-state index is -3.67. The molecular weight excluding hydrogens is 295 g/mol. The van der Waals surface area contributed by atoms with Gasteiger partial charge in [0.05, 0.1) is 12.3 Å². The van der Waals surface area contributed by atoms with E-state index in [9.17, 15) is 14.3 Å². The zero-order valence-corrected chi connectivity index (χ0v) is 14.0. The molecule has 0 bridgehead atoms. The first-order valence-electron chi connectivity index (χ1n) is 7.25. The fourth-order valence-electron chi connectivity index (χ4n) is 3.02. The maximum Gasteiger partial charge on any atom is 0.410 e. The van der Waals surface area contributed by atoms with Crippen LogP contribution in [-0.4, -0.2) is 59.9 Å². The molecule has 2 aliphatic rings. The van der Waals surface area contributed by atoms with Crippen LogP contribution in [0.4, 0.5) is 4.79 Å². The van der Waals surface area contributed by atoms with Crippen molar-refractivity contribution in [1.82, 2.24) is 10.2 Å². The van der Waals surface area contributed by atoms with Crippen LogP contribution in [0.3, 0.4) is 0 Å². The second-order valence-corrected chi connectivity index (χ2v) is 8.84. The molecule has 122 valence electrons. The third-order valence-electron chi connectivity index (χ3n) is 3.89. The number of hydrogen-bond acceptors (Lipinski definition) is 5. The fourth-order valence-corrected chi connectivity index (χ4v) is 4.88. The van der Waals surface area contributed by atoms with E-state index in [1.165, 1.54) is 0 Å². The van der Waals surface area contributed by atoms with E-state index in [-0.39, 0.29) is 18.1 Å². The monoisotopic (exact) mass is 320 g/mol. The first kappa shape index (κ1) is 16.7. The second-order valence-electron chi connectivity index (χ2n) is 6.83. The third-order valence-corrected chi connectivity index (χ3v) is 6.04. The molecule has 0 radical (unpaired) electrons. The number of ether oxygens (including phenoxy) is 1. The number of rotatable bonds is 3. The summed E-state index contributed by atoms with van der Waals surface area (Å²) in [4.78, 5) is 23.6. The van der Waals surface area contributed by atoms with Crippen LogP contribution in [0, 0.1) is 5.41 Å². The molecule has 0 aliphatic carbocycles. The molecule has 2 N–H and O–H groups in total. The maximum absolute atomic E-state index is 12.3. The Morgan fingerprint density at radius 2 is 2.10 bits per heavy atom. The number of amides is 1. The Bertz CT molecular complexity index is 456. The van der Waals surface area contributed by atoms with Gasteiger partial charge in [0.15, 0.2) is 0 Å². The van der Waals surface area contributed by atoms with E-state index >= 15 is 0 Å². The predicted octanol–water partition coefficient (Wildman–Crippen LogP) is 1.42. The van der Waals surface area contributed by atoms with Gasteiger partial charge in [-0.25, -0.2) is 4.79 Å². The molecule has 2 heterocycles. The zero-order valence-electron chi connectivity index (χ0n) is 13.1. The molecule has 2 saturated heterocycles. The Balaban J connectivity index is 2.00. The van der Waals surface area contributed by atoms with Crippen molar-refractivity contribution >= 4 is 13.7 Å². The molecule has 2 rings (SSSR count). The molecule has 2 atom stereocenters. The highest BCUT2D eigenvalue weighted by molar-refractivity contribution is 7.53. The first-order chi connectivity index (χ1) is 9.60. The Morgan fingerprint density at radius 3 is 2.62 bits per heavy atom. The van der Waals surface area contributed by atoms with Crippen molar-refractivity contribution < 1.29 is 23.5 Å². The van der Waals surface area contributed by atoms with Crippen molar-refractivity contribution in [3.05, 3.63) is 0 Å². The predicted molar refractivity (Wildman–Crippen MR) is 78.3 cm³/mol. The average molecular weight is 320 g/mol. The van der Waals surface area contributed by atoms with Gasteiger partial charge in [-0.2, -0.15) is 0 Å². The van der Waals surface area contributed by atoms with Crippen molar-refractivity contribution in [1.29, 1.82) is 0 Å². The molecule has 2 fully saturated rings. The lowest BCUT2D eigenvalue weighted by Crippen LogP contribution is -2.64. The highest BCUT2D eigenvalue weighted by Gasteiger charge is 2.59. The number of carbonyl (C=O) groups excluding carboxylic acids is 1. The summed E-state index contributed by atoms with van der Waals surface area (Å²) in [6, 6.07) is 0. The summed E-state index contributed by atoms with van der Waals surface area (Å²) < 4.78 is 22.7. The summed E-state index contributed by atoms with van der Waals surface area (Å²) in [5, 5.41) is 3.15. The van der Waals surface area contributed by atoms with Crippen molar-refractivity contribution in [3.8, 4) is 0 Å². The van der Waals surface area contributed by atoms with E-state index in [4.69, 9.17) is 9.26 Å². The SMILES string of the molecule is CCOP(=O)(O)C1CNCC12CN(C(=O)OC(C)(C)C)C2. The summed E-state index contributed by atoms with van der Waals surface area (Å²) >= 11 is 0. The van der Waals surface area contributed by atoms with Gasteiger partial charge in [0.1, 0.15) is 5.60 Å². The number of carbonyl (C=O) groups is 1. The highest BCUT2D eigenvalue weighted by Crippen LogP contribution is 2.58. The minimum Gasteiger partial charge on any atom is -0.444 e. The normalized spacial score (nSPS) is 27.3. The molecule has 8 heteroatoms. The van der Waals surface area contributed by atoms with E-state index in [0.29, 0.717) is 26.2 Å². The highest BCUT2D eigenvalue weighted by atomic mass is 31.2. The minimum absolute atomic E-state index is 0.205. The largest absolute Gasteiger partial charge is 0.444 e. The standard InChI is InChI=1S/C13H25N2O5P/c1-5-19-21(17,18)10-6-14-7-13(10)8-15(9-13)11(16)20-12(2,3)4/h10,14H,5-9H2,1-4H3,(H,17,18). The van der Waals surface area contributed by atoms with Gasteiger partial charge >= 0.3 is 13.7 Å². The second kappa shape index (κ2) is 5.54. The summed E-state index contributed by atoms with van der Waals surface area (Å²) in [5.41, 5.74) is -1.38. The van der Waals surface area contributed by atoms with Gasteiger partial charge in [-0.15, -0.1) is 0 Å². The summed E-state index contributed by atoms with van der Waals surface area (Å²) in [6.07, 6.45) is -0.372. The van der Waals surface area contributed by atoms with Crippen LogP contribution in [0.1, 0.15) is 27.7 Å². The van der Waals surface area contributed by atoms with Gasteiger partial charge in [0, 0.05) is 31.6 Å². The molecule has 1 amide bonds. The Hall–Kier alpha value is -0.620. The van der Waals surface area contributed by atoms with Crippen LogP contribution in [0.15, 0.2) is 0 Å². The summed E-state index contributed by atoms with van der Waals surface area (Å²) in [6.45, 7) is 9.27. The van der Waals surface area contributed by atoms with Crippen molar-refractivity contribution in [2.45, 2.75) is 39.0 Å². The van der Waals surface area contributed by atoms with E-state index in [0.717, 1.165) is 0 Å². The van der Waals surface area contributed by atoms with E-state index < -0.39 is 18.9 Å². The van der Waals surface area contributed by atoms with Gasteiger partial charge in [0.2, 0.25) is 0 Å². The lowest BCUT2D eigenvalue weighted by Gasteiger charge is -2.50. The summed E-state index contributed by atoms with van der Waals surface area (Å²) in [5.74, 6) is 0. The van der Waals surface area contributed by atoms with Crippen LogP contribution in [-0.2, 0) is 13.8 Å². The van der Waals surface area contributed by atoms with E-state index in [1.807, 2.05) is 20.8 Å². The van der Waals surface area contributed by atoms with Crippen LogP contribution >= 0.6 is 7.60 Å². The van der Waals surface area contributed by atoms with Gasteiger partial charge in [-0.3, -0.25) is 4.57 Å². The molecule has 2 unspecified atom stereocenters. The van der Waals surface area contributed by atoms with Crippen LogP contribution in [0.5, 0.6) is 0 Å². The molecule has 0 aromatic carbocycles. The molecule has 0 aromatic rings.